The molecule has 0 radical (unpaired) electrons. The molecule has 0 saturated carbocycles. The second-order valence-electron chi connectivity index (χ2n) is 5.69. The molecule has 2 rings (SSSR count). The molecule has 0 spiro atoms. The van der Waals surface area contributed by atoms with Crippen LogP contribution < -0.4 is 15.0 Å². The van der Waals surface area contributed by atoms with Crippen molar-refractivity contribution in [3.8, 4) is 5.88 Å². The van der Waals surface area contributed by atoms with Crippen LogP contribution in [0.1, 0.15) is 20.3 Å². The lowest BCUT2D eigenvalue weighted by molar-refractivity contribution is 0.181. The van der Waals surface area contributed by atoms with Crippen molar-refractivity contribution in [3.63, 3.8) is 0 Å². The molecule has 1 aromatic heterocycles. The number of hydrogen-bond donors (Lipinski definition) is 1. The van der Waals surface area contributed by atoms with E-state index in [2.05, 4.69) is 15.3 Å². The van der Waals surface area contributed by atoms with Gasteiger partial charge < -0.3 is 19.9 Å². The lowest BCUT2D eigenvalue weighted by atomic mass is 10.3. The van der Waals surface area contributed by atoms with Crippen LogP contribution in [0.4, 0.5) is 10.6 Å². The maximum atomic E-state index is 11.9. The van der Waals surface area contributed by atoms with Gasteiger partial charge in [0.2, 0.25) is 5.88 Å². The van der Waals surface area contributed by atoms with Gasteiger partial charge in [-0.05, 0) is 13.8 Å². The van der Waals surface area contributed by atoms with Gasteiger partial charge in [0.05, 0.1) is 18.9 Å². The second kappa shape index (κ2) is 6.60. The molecule has 1 N–H and O–H groups in total. The summed E-state index contributed by atoms with van der Waals surface area (Å²) in [4.78, 5) is 24.1. The van der Waals surface area contributed by atoms with Gasteiger partial charge in [0.15, 0.2) is 5.82 Å². The molecule has 21 heavy (non-hydrogen) atoms. The Morgan fingerprint density at radius 2 is 2.24 bits per heavy atom. The Kier molecular flexibility index (Phi) is 4.82. The highest BCUT2D eigenvalue weighted by atomic mass is 16.5. The molecule has 0 aliphatic carbocycles. The molecule has 0 bridgehead atoms. The van der Waals surface area contributed by atoms with Crippen LogP contribution in [0.3, 0.4) is 0 Å². The van der Waals surface area contributed by atoms with Crippen molar-refractivity contribution in [2.45, 2.75) is 32.4 Å². The molecular weight excluding hydrogens is 270 g/mol. The smallest absolute Gasteiger partial charge is 0.317 e. The molecule has 1 fully saturated rings. The van der Waals surface area contributed by atoms with Crippen LogP contribution in [0.5, 0.6) is 5.88 Å². The second-order valence-corrected chi connectivity index (χ2v) is 5.69. The molecule has 7 nitrogen and oxygen atoms in total. The van der Waals surface area contributed by atoms with Gasteiger partial charge in [-0.3, -0.25) is 4.98 Å². The zero-order valence-corrected chi connectivity index (χ0v) is 13.0. The average Bonchev–Trinajstić information content (AvgIpc) is 2.87. The van der Waals surface area contributed by atoms with Crippen LogP contribution >= 0.6 is 0 Å². The standard InChI is InChI=1S/C14H23N5O2/c1-10(2)16-14(20)19-6-5-11(9-19)21-13-8-15-7-12(17-13)18(3)4/h7-8,10-11H,5-6,9H2,1-4H3,(H,16,20). The largest absolute Gasteiger partial charge is 0.471 e. The molecule has 1 aliphatic rings. The number of aromatic nitrogens is 2. The number of nitrogens with zero attached hydrogens (tertiary/aromatic N) is 4. The van der Waals surface area contributed by atoms with E-state index in [-0.39, 0.29) is 18.2 Å². The first-order chi connectivity index (χ1) is 9.95. The molecule has 1 atom stereocenters. The van der Waals surface area contributed by atoms with E-state index in [1.807, 2.05) is 32.8 Å². The van der Waals surface area contributed by atoms with Crippen LogP contribution in [-0.4, -0.2) is 60.2 Å². The normalized spacial score (nSPS) is 18.0. The molecule has 0 aromatic carbocycles. The van der Waals surface area contributed by atoms with Crippen molar-refractivity contribution in [2.24, 2.45) is 0 Å². The third-order valence-electron chi connectivity index (χ3n) is 3.19. The number of nitrogens with one attached hydrogen (secondary N) is 1. The summed E-state index contributed by atoms with van der Waals surface area (Å²) in [5.74, 6) is 1.25. The van der Waals surface area contributed by atoms with Gasteiger partial charge in [-0.2, -0.15) is 4.98 Å². The zero-order valence-electron chi connectivity index (χ0n) is 13.0. The van der Waals surface area contributed by atoms with Gasteiger partial charge in [-0.15, -0.1) is 0 Å². The Morgan fingerprint density at radius 3 is 2.90 bits per heavy atom. The number of carbonyl (C=O) groups excluding carboxylic acids is 1. The highest BCUT2D eigenvalue weighted by Gasteiger charge is 2.28. The van der Waals surface area contributed by atoms with Crippen molar-refractivity contribution in [1.29, 1.82) is 0 Å². The topological polar surface area (TPSA) is 70.6 Å². The molecule has 1 aliphatic heterocycles. The number of amides is 2. The number of urea groups is 1. The fraction of sp³-hybridized carbons (Fsp3) is 0.643. The van der Waals surface area contributed by atoms with E-state index in [0.717, 1.165) is 12.2 Å². The lowest BCUT2D eigenvalue weighted by Gasteiger charge is -2.19. The van der Waals surface area contributed by atoms with Crippen molar-refractivity contribution >= 4 is 11.8 Å². The Hall–Kier alpha value is -2.05. The summed E-state index contributed by atoms with van der Waals surface area (Å²) in [6.07, 6.45) is 4.06. The maximum Gasteiger partial charge on any atom is 0.317 e. The molecule has 7 heteroatoms. The monoisotopic (exact) mass is 293 g/mol. The Labute approximate surface area is 125 Å². The van der Waals surface area contributed by atoms with Gasteiger partial charge in [0.25, 0.3) is 0 Å². The van der Waals surface area contributed by atoms with E-state index in [0.29, 0.717) is 19.0 Å². The van der Waals surface area contributed by atoms with Crippen LogP contribution in [0.2, 0.25) is 0 Å². The first kappa shape index (κ1) is 15.3. The van der Waals surface area contributed by atoms with Gasteiger partial charge in [-0.1, -0.05) is 0 Å². The van der Waals surface area contributed by atoms with E-state index < -0.39 is 0 Å². The third kappa shape index (κ3) is 4.21. The number of ether oxygens (including phenoxy) is 1. The molecule has 2 heterocycles. The van der Waals surface area contributed by atoms with E-state index in [9.17, 15) is 4.79 Å². The lowest BCUT2D eigenvalue weighted by Crippen LogP contribution is -2.42. The predicted octanol–water partition coefficient (Wildman–Crippen LogP) is 1.11. The summed E-state index contributed by atoms with van der Waals surface area (Å²) in [5, 5.41) is 2.89. The minimum atomic E-state index is -0.0378. The summed E-state index contributed by atoms with van der Waals surface area (Å²) in [5.41, 5.74) is 0. The zero-order chi connectivity index (χ0) is 15.4. The quantitative estimate of drug-likeness (QED) is 0.900. The highest BCUT2D eigenvalue weighted by Crippen LogP contribution is 2.18. The predicted molar refractivity (Wildman–Crippen MR) is 80.6 cm³/mol. The molecular formula is C14H23N5O2. The fourth-order valence-corrected chi connectivity index (χ4v) is 2.13. The van der Waals surface area contributed by atoms with Gasteiger partial charge >= 0.3 is 6.03 Å². The Morgan fingerprint density at radius 1 is 1.48 bits per heavy atom. The average molecular weight is 293 g/mol. The number of likely N-dealkylation sites (tertiary alicyclic amines) is 1. The van der Waals surface area contributed by atoms with Crippen LogP contribution in [0.25, 0.3) is 0 Å². The van der Waals surface area contributed by atoms with Crippen LogP contribution in [-0.2, 0) is 0 Å². The molecule has 2 amide bonds. The number of rotatable bonds is 4. The van der Waals surface area contributed by atoms with Crippen LogP contribution in [0, 0.1) is 0 Å². The van der Waals surface area contributed by atoms with E-state index in [4.69, 9.17) is 4.74 Å². The summed E-state index contributed by atoms with van der Waals surface area (Å²) in [6.45, 7) is 5.17. The van der Waals surface area contributed by atoms with E-state index in [1.54, 1.807) is 17.3 Å². The number of hydrogen-bond acceptors (Lipinski definition) is 5. The molecule has 1 saturated heterocycles. The molecule has 1 aromatic rings. The minimum Gasteiger partial charge on any atom is -0.471 e. The first-order valence-corrected chi connectivity index (χ1v) is 7.17. The summed E-state index contributed by atoms with van der Waals surface area (Å²) >= 11 is 0. The van der Waals surface area contributed by atoms with Gasteiger partial charge in [0.1, 0.15) is 6.10 Å². The first-order valence-electron chi connectivity index (χ1n) is 7.17. The maximum absolute atomic E-state index is 11.9. The van der Waals surface area contributed by atoms with Crippen molar-refractivity contribution in [2.75, 3.05) is 32.1 Å². The third-order valence-corrected chi connectivity index (χ3v) is 3.19. The van der Waals surface area contributed by atoms with Crippen molar-refractivity contribution in [3.05, 3.63) is 12.4 Å². The van der Waals surface area contributed by atoms with Crippen LogP contribution in [0.15, 0.2) is 12.4 Å². The molecule has 116 valence electrons. The van der Waals surface area contributed by atoms with Gasteiger partial charge in [-0.25, -0.2) is 4.79 Å². The molecule has 1 unspecified atom stereocenters. The Balaban J connectivity index is 1.90. The minimum absolute atomic E-state index is 0.0328. The SMILES string of the molecule is CC(C)NC(=O)N1CCC(Oc2cncc(N(C)C)n2)C1. The summed E-state index contributed by atoms with van der Waals surface area (Å²) < 4.78 is 5.83. The van der Waals surface area contributed by atoms with E-state index >= 15 is 0 Å². The van der Waals surface area contributed by atoms with Gasteiger partial charge in [0, 0.05) is 33.1 Å². The number of anilines is 1. The number of carbonyl (C=O) groups is 1. The van der Waals surface area contributed by atoms with E-state index in [1.165, 1.54) is 0 Å². The fourth-order valence-electron chi connectivity index (χ4n) is 2.13. The summed E-state index contributed by atoms with van der Waals surface area (Å²) in [7, 11) is 3.81. The summed E-state index contributed by atoms with van der Waals surface area (Å²) in [6, 6.07) is 0.101. The van der Waals surface area contributed by atoms with Crippen molar-refractivity contribution in [1.82, 2.24) is 20.2 Å². The Bertz CT molecular complexity index is 492. The van der Waals surface area contributed by atoms with Crippen molar-refractivity contribution < 1.29 is 9.53 Å². The highest BCUT2D eigenvalue weighted by molar-refractivity contribution is 5.74.